The Morgan fingerprint density at radius 3 is 2.86 bits per heavy atom. The largest absolute Gasteiger partial charge is 0.402 e. The van der Waals surface area contributed by atoms with Crippen LogP contribution < -0.4 is 11.1 Å². The van der Waals surface area contributed by atoms with Crippen LogP contribution in [-0.4, -0.2) is 11.5 Å². The van der Waals surface area contributed by atoms with E-state index in [-0.39, 0.29) is 0 Å². The molecule has 1 heterocycles. The van der Waals surface area contributed by atoms with Crippen LogP contribution in [0.3, 0.4) is 0 Å². The maximum Gasteiger partial charge on any atom is 0.131 e. The van der Waals surface area contributed by atoms with Gasteiger partial charge in [0.2, 0.25) is 0 Å². The Bertz CT molecular complexity index is 600. The molecule has 112 valence electrons. The summed E-state index contributed by atoms with van der Waals surface area (Å²) in [5.41, 5.74) is 11.3. The van der Waals surface area contributed by atoms with Crippen molar-refractivity contribution in [2.75, 3.05) is 11.9 Å². The molecule has 0 aliphatic heterocycles. The van der Waals surface area contributed by atoms with E-state index in [2.05, 4.69) is 22.5 Å². The van der Waals surface area contributed by atoms with Crippen LogP contribution in [0.2, 0.25) is 5.15 Å². The fourth-order valence-electron chi connectivity index (χ4n) is 2.43. The molecule has 0 aromatic carbocycles. The molecule has 1 aliphatic carbocycles. The van der Waals surface area contributed by atoms with E-state index in [1.807, 2.05) is 32.1 Å². The molecule has 0 saturated carbocycles. The third kappa shape index (κ3) is 4.36. The van der Waals surface area contributed by atoms with Crippen molar-refractivity contribution in [1.29, 1.82) is 0 Å². The predicted molar refractivity (Wildman–Crippen MR) is 91.4 cm³/mol. The van der Waals surface area contributed by atoms with Crippen molar-refractivity contribution >= 4 is 23.4 Å². The summed E-state index contributed by atoms with van der Waals surface area (Å²) in [4.78, 5) is 4.30. The molecule has 0 radical (unpaired) electrons. The summed E-state index contributed by atoms with van der Waals surface area (Å²) in [5.74, 6) is 0. The number of hydrogen-bond acceptors (Lipinski definition) is 3. The summed E-state index contributed by atoms with van der Waals surface area (Å²) in [6.07, 6.45) is 11.3. The Labute approximate surface area is 131 Å². The Morgan fingerprint density at radius 2 is 2.19 bits per heavy atom. The molecule has 0 atom stereocenters. The highest BCUT2D eigenvalue weighted by atomic mass is 35.5. The lowest BCUT2D eigenvalue weighted by Crippen LogP contribution is -2.08. The van der Waals surface area contributed by atoms with Crippen LogP contribution in [0.4, 0.5) is 5.69 Å². The van der Waals surface area contributed by atoms with E-state index >= 15 is 0 Å². The van der Waals surface area contributed by atoms with Crippen LogP contribution in [0.25, 0.3) is 6.08 Å². The molecule has 3 nitrogen and oxygen atoms in total. The van der Waals surface area contributed by atoms with Crippen LogP contribution in [-0.2, 0) is 0 Å². The number of aryl methyl sites for hydroxylation is 1. The van der Waals surface area contributed by atoms with Crippen LogP contribution >= 0.6 is 11.6 Å². The Kier molecular flexibility index (Phi) is 5.45. The van der Waals surface area contributed by atoms with Crippen LogP contribution in [0.15, 0.2) is 35.6 Å². The molecule has 21 heavy (non-hydrogen) atoms. The Balaban J connectivity index is 2.03. The Morgan fingerprint density at radius 1 is 1.38 bits per heavy atom. The number of allylic oxidation sites excluding steroid dienone is 4. The number of pyridine rings is 1. The van der Waals surface area contributed by atoms with Crippen LogP contribution in [0.5, 0.6) is 0 Å². The van der Waals surface area contributed by atoms with Gasteiger partial charge in [0.15, 0.2) is 0 Å². The summed E-state index contributed by atoms with van der Waals surface area (Å²) in [7, 11) is 0. The van der Waals surface area contributed by atoms with E-state index in [4.69, 9.17) is 17.3 Å². The number of anilines is 1. The smallest absolute Gasteiger partial charge is 0.131 e. The van der Waals surface area contributed by atoms with Crippen molar-refractivity contribution in [3.8, 4) is 0 Å². The van der Waals surface area contributed by atoms with Crippen molar-refractivity contribution in [3.05, 3.63) is 52.0 Å². The highest BCUT2D eigenvalue weighted by Crippen LogP contribution is 2.24. The molecule has 1 aromatic heterocycles. The molecule has 3 N–H and O–H groups in total. The molecule has 0 amide bonds. The molecule has 0 unspecified atom stereocenters. The monoisotopic (exact) mass is 303 g/mol. The van der Waals surface area contributed by atoms with Crippen molar-refractivity contribution in [3.63, 3.8) is 0 Å². The topological polar surface area (TPSA) is 50.9 Å². The maximum atomic E-state index is 6.06. The first-order valence-electron chi connectivity index (χ1n) is 7.28. The van der Waals surface area contributed by atoms with Gasteiger partial charge in [-0.25, -0.2) is 4.98 Å². The van der Waals surface area contributed by atoms with Gasteiger partial charge in [-0.15, -0.1) is 0 Å². The molecule has 1 aliphatic rings. The second-order valence-electron chi connectivity index (χ2n) is 5.23. The molecule has 0 saturated heterocycles. The van der Waals surface area contributed by atoms with Crippen molar-refractivity contribution < 1.29 is 0 Å². The molecule has 0 spiro atoms. The van der Waals surface area contributed by atoms with Gasteiger partial charge in [-0.1, -0.05) is 35.4 Å². The molecule has 0 fully saturated rings. The maximum absolute atomic E-state index is 6.06. The quantitative estimate of drug-likeness (QED) is 0.791. The number of halogens is 1. The van der Waals surface area contributed by atoms with Crippen molar-refractivity contribution in [2.24, 2.45) is 5.73 Å². The van der Waals surface area contributed by atoms with Gasteiger partial charge in [0.05, 0.1) is 0 Å². The van der Waals surface area contributed by atoms with Gasteiger partial charge in [-0.3, -0.25) is 0 Å². The van der Waals surface area contributed by atoms with Gasteiger partial charge >= 0.3 is 0 Å². The van der Waals surface area contributed by atoms with Gasteiger partial charge in [-0.05, 0) is 45.3 Å². The highest BCUT2D eigenvalue weighted by molar-refractivity contribution is 6.29. The summed E-state index contributed by atoms with van der Waals surface area (Å²) < 4.78 is 0. The summed E-state index contributed by atoms with van der Waals surface area (Å²) in [5, 5.41) is 3.99. The van der Waals surface area contributed by atoms with Gasteiger partial charge in [-0.2, -0.15) is 0 Å². The second-order valence-corrected chi connectivity index (χ2v) is 5.62. The van der Waals surface area contributed by atoms with Crippen molar-refractivity contribution in [1.82, 2.24) is 4.98 Å². The van der Waals surface area contributed by atoms with Crippen LogP contribution in [0.1, 0.15) is 37.4 Å². The zero-order valence-corrected chi connectivity index (χ0v) is 13.4. The van der Waals surface area contributed by atoms with E-state index in [0.717, 1.165) is 48.4 Å². The number of hydrogen-bond donors (Lipinski definition) is 2. The number of rotatable bonds is 5. The Hall–Kier alpha value is -1.74. The summed E-state index contributed by atoms with van der Waals surface area (Å²) >= 11 is 6.06. The number of nitrogens with zero attached hydrogens (tertiary/aromatic N) is 1. The van der Waals surface area contributed by atoms with Gasteiger partial charge < -0.3 is 11.1 Å². The van der Waals surface area contributed by atoms with Gasteiger partial charge in [0.25, 0.3) is 0 Å². The molecule has 1 aromatic rings. The van der Waals surface area contributed by atoms with E-state index in [0.29, 0.717) is 5.15 Å². The minimum atomic E-state index is 0.524. The van der Waals surface area contributed by atoms with Crippen LogP contribution in [0, 0.1) is 6.92 Å². The molecular weight excluding hydrogens is 282 g/mol. The summed E-state index contributed by atoms with van der Waals surface area (Å²) in [6.45, 7) is 4.86. The number of nitrogens with two attached hydrogens (primary N) is 1. The second kappa shape index (κ2) is 7.32. The number of aromatic nitrogens is 1. The average molecular weight is 304 g/mol. The zero-order valence-electron chi connectivity index (χ0n) is 12.6. The molecule has 4 heteroatoms. The zero-order chi connectivity index (χ0) is 15.2. The summed E-state index contributed by atoms with van der Waals surface area (Å²) in [6, 6.07) is 1.89. The van der Waals surface area contributed by atoms with Crippen molar-refractivity contribution in [2.45, 2.75) is 33.1 Å². The van der Waals surface area contributed by atoms with E-state index < -0.39 is 0 Å². The first kappa shape index (κ1) is 15.6. The highest BCUT2D eigenvalue weighted by Gasteiger charge is 2.08. The molecule has 2 rings (SSSR count). The normalized spacial score (nSPS) is 15.0. The minimum absolute atomic E-state index is 0.524. The lowest BCUT2D eigenvalue weighted by atomic mass is 10.00. The molecule has 0 bridgehead atoms. The van der Waals surface area contributed by atoms with E-state index in [9.17, 15) is 0 Å². The van der Waals surface area contributed by atoms with E-state index in [1.54, 1.807) is 0 Å². The molecular formula is C17H22ClN3. The minimum Gasteiger partial charge on any atom is -0.402 e. The SMILES string of the molecule is C/C=C\c1c(NCCC2=CC=C(N)CC2)cc(Cl)nc1C. The van der Waals surface area contributed by atoms with Gasteiger partial charge in [0, 0.05) is 29.2 Å². The number of nitrogens with one attached hydrogen (secondary N) is 1. The van der Waals surface area contributed by atoms with Gasteiger partial charge in [0.1, 0.15) is 5.15 Å². The van der Waals surface area contributed by atoms with E-state index in [1.165, 1.54) is 5.57 Å². The third-order valence-electron chi connectivity index (χ3n) is 3.58. The predicted octanol–water partition coefficient (Wildman–Crippen LogP) is 4.44. The lowest BCUT2D eigenvalue weighted by molar-refractivity contribution is 0.829. The first-order valence-corrected chi connectivity index (χ1v) is 7.65. The third-order valence-corrected chi connectivity index (χ3v) is 3.77. The fraction of sp³-hybridized carbons (Fsp3) is 0.353. The average Bonchev–Trinajstić information content (AvgIpc) is 2.44. The standard InChI is InChI=1S/C17H22ClN3/c1-3-4-15-12(2)21-17(18)11-16(15)20-10-9-13-5-7-14(19)8-6-13/h3-5,7,11H,6,8-10,19H2,1-2H3,(H,20,21)/b4-3-. The lowest BCUT2D eigenvalue weighted by Gasteiger charge is -2.15. The first-order chi connectivity index (χ1) is 10.1. The fourth-order valence-corrected chi connectivity index (χ4v) is 2.67.